The van der Waals surface area contributed by atoms with Gasteiger partial charge < -0.3 is 5.73 Å². The second kappa shape index (κ2) is 6.54. The van der Waals surface area contributed by atoms with Gasteiger partial charge in [-0.2, -0.15) is 0 Å². The lowest BCUT2D eigenvalue weighted by atomic mass is 10.0. The van der Waals surface area contributed by atoms with Crippen LogP contribution >= 0.6 is 11.3 Å². The average molecular weight is 295 g/mol. The molecule has 0 radical (unpaired) electrons. The van der Waals surface area contributed by atoms with Gasteiger partial charge in [0.25, 0.3) is 0 Å². The van der Waals surface area contributed by atoms with Gasteiger partial charge in [-0.25, -0.2) is 4.98 Å². The summed E-state index contributed by atoms with van der Waals surface area (Å²) in [4.78, 5) is 8.71. The van der Waals surface area contributed by atoms with Crippen LogP contribution in [0.15, 0.2) is 0 Å². The third-order valence-corrected chi connectivity index (χ3v) is 5.34. The van der Waals surface area contributed by atoms with E-state index in [1.54, 1.807) is 0 Å². The average Bonchev–Trinajstić information content (AvgIpc) is 2.72. The maximum Gasteiger partial charge on any atom is 0.107 e. The first-order chi connectivity index (χ1) is 9.40. The number of rotatable bonds is 5. The topological polar surface area (TPSA) is 42.2 Å². The largest absolute Gasteiger partial charge is 0.321 e. The zero-order valence-corrected chi connectivity index (χ0v) is 14.2. The van der Waals surface area contributed by atoms with Gasteiger partial charge in [-0.1, -0.05) is 20.3 Å². The molecule has 1 saturated heterocycles. The van der Waals surface area contributed by atoms with Crippen LogP contribution in [-0.4, -0.2) is 23.0 Å². The van der Waals surface area contributed by atoms with Gasteiger partial charge in [0.1, 0.15) is 5.01 Å². The molecule has 0 bridgehead atoms. The lowest BCUT2D eigenvalue weighted by molar-refractivity contribution is 0.176. The maximum atomic E-state index is 6.31. The first kappa shape index (κ1) is 15.9. The number of aryl methyl sites for hydroxylation is 1. The number of hydrogen-bond acceptors (Lipinski definition) is 4. The second-order valence-electron chi connectivity index (χ2n) is 6.84. The molecule has 0 amide bonds. The molecule has 2 rings (SSSR count). The molecule has 2 N–H and O–H groups in total. The monoisotopic (exact) mass is 295 g/mol. The van der Waals surface area contributed by atoms with Gasteiger partial charge in [0.2, 0.25) is 0 Å². The summed E-state index contributed by atoms with van der Waals surface area (Å²) in [6, 6.07) is 0. The van der Waals surface area contributed by atoms with Crippen LogP contribution in [0.1, 0.15) is 62.5 Å². The van der Waals surface area contributed by atoms with Crippen molar-refractivity contribution in [2.45, 2.75) is 65.5 Å². The summed E-state index contributed by atoms with van der Waals surface area (Å²) < 4.78 is 0. The number of hydrogen-bond donors (Lipinski definition) is 1. The molecule has 1 atom stereocenters. The van der Waals surface area contributed by atoms with Crippen LogP contribution in [0, 0.1) is 5.92 Å². The van der Waals surface area contributed by atoms with Crippen molar-refractivity contribution >= 4 is 11.3 Å². The van der Waals surface area contributed by atoms with Gasteiger partial charge in [-0.15, -0.1) is 11.3 Å². The smallest absolute Gasteiger partial charge is 0.107 e. The van der Waals surface area contributed by atoms with E-state index in [1.807, 2.05) is 11.3 Å². The van der Waals surface area contributed by atoms with Gasteiger partial charge >= 0.3 is 0 Å². The Morgan fingerprint density at radius 2 is 2.20 bits per heavy atom. The molecule has 20 heavy (non-hydrogen) atoms. The minimum atomic E-state index is -0.268. The highest BCUT2D eigenvalue weighted by Gasteiger charge is 2.24. The molecule has 114 valence electrons. The van der Waals surface area contributed by atoms with Gasteiger partial charge in [-0.3, -0.25) is 4.90 Å². The molecule has 2 heterocycles. The first-order valence-electron chi connectivity index (χ1n) is 7.90. The highest BCUT2D eigenvalue weighted by atomic mass is 32.1. The molecule has 4 heteroatoms. The van der Waals surface area contributed by atoms with Crippen LogP contribution in [0.3, 0.4) is 0 Å². The molecule has 0 aromatic carbocycles. The summed E-state index contributed by atoms with van der Waals surface area (Å²) in [7, 11) is 0. The zero-order chi connectivity index (χ0) is 14.8. The summed E-state index contributed by atoms with van der Waals surface area (Å²) in [6.45, 7) is 12.2. The van der Waals surface area contributed by atoms with E-state index in [2.05, 4.69) is 32.6 Å². The number of piperidine rings is 1. The summed E-state index contributed by atoms with van der Waals surface area (Å²) in [5, 5.41) is 1.25. The van der Waals surface area contributed by atoms with Crippen molar-refractivity contribution in [3.8, 4) is 0 Å². The van der Waals surface area contributed by atoms with Gasteiger partial charge in [0.15, 0.2) is 0 Å². The van der Waals surface area contributed by atoms with Crippen molar-refractivity contribution in [2.75, 3.05) is 13.1 Å². The Balaban J connectivity index is 2.12. The molecule has 1 aromatic heterocycles. The Hall–Kier alpha value is -0.450. The second-order valence-corrected chi connectivity index (χ2v) is 7.92. The van der Waals surface area contributed by atoms with E-state index in [-0.39, 0.29) is 5.54 Å². The highest BCUT2D eigenvalue weighted by Crippen LogP contribution is 2.30. The fraction of sp³-hybridized carbons (Fsp3) is 0.812. The van der Waals surface area contributed by atoms with Gasteiger partial charge in [0.05, 0.1) is 12.2 Å². The molecule has 1 aliphatic heterocycles. The van der Waals surface area contributed by atoms with Gasteiger partial charge in [0, 0.05) is 17.0 Å². The van der Waals surface area contributed by atoms with E-state index >= 15 is 0 Å². The summed E-state index contributed by atoms with van der Waals surface area (Å²) >= 11 is 1.82. The quantitative estimate of drug-likeness (QED) is 0.903. The molecular formula is C16H29N3S. The van der Waals surface area contributed by atoms with Crippen molar-refractivity contribution in [3.05, 3.63) is 15.6 Å². The number of thiazole rings is 1. The molecule has 1 unspecified atom stereocenters. The molecular weight excluding hydrogens is 266 g/mol. The van der Waals surface area contributed by atoms with E-state index in [9.17, 15) is 0 Å². The summed E-state index contributed by atoms with van der Waals surface area (Å²) in [5.74, 6) is 0.823. The molecule has 1 fully saturated rings. The fourth-order valence-electron chi connectivity index (χ4n) is 3.00. The maximum absolute atomic E-state index is 6.31. The normalized spacial score (nSPS) is 21.4. The SMILES string of the molecule is CCCc1nc(CN2CCCC(C)C2)sc1C(C)(C)N. The van der Waals surface area contributed by atoms with Crippen LogP contribution < -0.4 is 5.73 Å². The van der Waals surface area contributed by atoms with Crippen LogP contribution in [0.25, 0.3) is 0 Å². The van der Waals surface area contributed by atoms with E-state index in [4.69, 9.17) is 10.7 Å². The van der Waals surface area contributed by atoms with E-state index in [0.29, 0.717) is 0 Å². The van der Waals surface area contributed by atoms with Crippen LogP contribution in [0.2, 0.25) is 0 Å². The number of nitrogens with zero attached hydrogens (tertiary/aromatic N) is 2. The molecule has 3 nitrogen and oxygen atoms in total. The fourth-order valence-corrected chi connectivity index (χ4v) is 4.17. The van der Waals surface area contributed by atoms with Gasteiger partial charge in [-0.05, 0) is 45.6 Å². The number of likely N-dealkylation sites (tertiary alicyclic amines) is 1. The third-order valence-electron chi connectivity index (χ3n) is 3.91. The Morgan fingerprint density at radius 3 is 2.80 bits per heavy atom. The Kier molecular flexibility index (Phi) is 5.21. The Bertz CT molecular complexity index is 433. The van der Waals surface area contributed by atoms with Crippen molar-refractivity contribution in [1.82, 2.24) is 9.88 Å². The van der Waals surface area contributed by atoms with Crippen LogP contribution in [-0.2, 0) is 18.5 Å². The molecule has 1 aromatic rings. The van der Waals surface area contributed by atoms with Crippen molar-refractivity contribution in [2.24, 2.45) is 11.7 Å². The van der Waals surface area contributed by atoms with Crippen LogP contribution in [0.5, 0.6) is 0 Å². The standard InChI is InChI=1S/C16H29N3S/c1-5-7-13-15(16(3,4)17)20-14(18-13)11-19-9-6-8-12(2)10-19/h12H,5-11,17H2,1-4H3. The van der Waals surface area contributed by atoms with E-state index < -0.39 is 0 Å². The molecule has 0 saturated carbocycles. The molecule has 0 spiro atoms. The Labute approximate surface area is 127 Å². The van der Waals surface area contributed by atoms with Crippen LogP contribution in [0.4, 0.5) is 0 Å². The predicted molar refractivity (Wildman–Crippen MR) is 87.0 cm³/mol. The summed E-state index contributed by atoms with van der Waals surface area (Å²) in [6.07, 6.45) is 4.87. The minimum Gasteiger partial charge on any atom is -0.321 e. The number of aromatic nitrogens is 1. The summed E-state index contributed by atoms with van der Waals surface area (Å²) in [5.41, 5.74) is 7.27. The van der Waals surface area contributed by atoms with Crippen molar-refractivity contribution in [1.29, 1.82) is 0 Å². The van der Waals surface area contributed by atoms with E-state index in [0.717, 1.165) is 25.3 Å². The lowest BCUT2D eigenvalue weighted by Gasteiger charge is -2.29. The molecule has 1 aliphatic rings. The number of nitrogens with two attached hydrogens (primary N) is 1. The lowest BCUT2D eigenvalue weighted by Crippen LogP contribution is -2.33. The van der Waals surface area contributed by atoms with Crippen molar-refractivity contribution < 1.29 is 0 Å². The first-order valence-corrected chi connectivity index (χ1v) is 8.72. The Morgan fingerprint density at radius 1 is 1.45 bits per heavy atom. The molecule has 0 aliphatic carbocycles. The minimum absolute atomic E-state index is 0.268. The predicted octanol–water partition coefficient (Wildman–Crippen LogP) is 3.52. The van der Waals surface area contributed by atoms with Crippen molar-refractivity contribution in [3.63, 3.8) is 0 Å². The zero-order valence-electron chi connectivity index (χ0n) is 13.4. The van der Waals surface area contributed by atoms with E-state index in [1.165, 1.54) is 41.5 Å². The highest BCUT2D eigenvalue weighted by molar-refractivity contribution is 7.11. The third kappa shape index (κ3) is 4.03.